The molecule has 0 aliphatic carbocycles. The summed E-state index contributed by atoms with van der Waals surface area (Å²) in [5.74, 6) is -0.295. The van der Waals surface area contributed by atoms with Crippen molar-refractivity contribution < 1.29 is 19.2 Å². The number of carbonyl (C=O) groups is 1. The van der Waals surface area contributed by atoms with Crippen LogP contribution in [0, 0.1) is 10.1 Å². The molecule has 0 aliphatic heterocycles. The number of nitrogens with zero attached hydrogens (tertiary/aromatic N) is 1. The van der Waals surface area contributed by atoms with Crippen molar-refractivity contribution in [1.29, 1.82) is 0 Å². The van der Waals surface area contributed by atoms with Crippen LogP contribution in [0.5, 0.6) is 5.75 Å². The number of nitro benzene ring substituents is 1. The van der Waals surface area contributed by atoms with E-state index >= 15 is 0 Å². The second-order valence-electron chi connectivity index (χ2n) is 4.43. The van der Waals surface area contributed by atoms with Crippen LogP contribution in [0.2, 0.25) is 0 Å². The maximum absolute atomic E-state index is 11.6. The first-order valence-corrected chi connectivity index (χ1v) is 7.46. The molecule has 0 radical (unpaired) electrons. The average molecular weight is 360 g/mol. The molecule has 0 aliphatic rings. The molecule has 0 bridgehead atoms. The van der Waals surface area contributed by atoms with Crippen molar-refractivity contribution >= 4 is 27.4 Å². The standard InChI is InChI=1S/C14H18BrNO5/c1-3-4-5-20-6-7-21-14-12(10(2)17)8-11(15)9-13(14)16(18)19/h8-9H,3-7H2,1-2H3. The van der Waals surface area contributed by atoms with Crippen molar-refractivity contribution in [3.63, 3.8) is 0 Å². The SMILES string of the molecule is CCCCOCCOc1c(C(C)=O)cc(Br)cc1[N+](=O)[O-]. The minimum Gasteiger partial charge on any atom is -0.484 e. The van der Waals surface area contributed by atoms with Gasteiger partial charge in [0.15, 0.2) is 5.78 Å². The lowest BCUT2D eigenvalue weighted by molar-refractivity contribution is -0.386. The Morgan fingerprint density at radius 1 is 1.33 bits per heavy atom. The molecule has 116 valence electrons. The summed E-state index contributed by atoms with van der Waals surface area (Å²) < 4.78 is 11.2. The Kier molecular flexibility index (Phi) is 7.31. The van der Waals surface area contributed by atoms with E-state index in [1.54, 1.807) is 0 Å². The summed E-state index contributed by atoms with van der Waals surface area (Å²) in [6.07, 6.45) is 1.99. The van der Waals surface area contributed by atoms with E-state index in [-0.39, 0.29) is 29.4 Å². The number of halogens is 1. The van der Waals surface area contributed by atoms with E-state index in [1.807, 2.05) is 0 Å². The van der Waals surface area contributed by atoms with Gasteiger partial charge in [0, 0.05) is 17.1 Å². The Bertz CT molecular complexity index is 483. The van der Waals surface area contributed by atoms with Gasteiger partial charge in [-0.2, -0.15) is 0 Å². The molecule has 0 saturated heterocycles. The lowest BCUT2D eigenvalue weighted by atomic mass is 10.1. The highest BCUT2D eigenvalue weighted by atomic mass is 79.9. The molecule has 1 aromatic carbocycles. The van der Waals surface area contributed by atoms with Gasteiger partial charge in [0.25, 0.3) is 0 Å². The molecular formula is C14H18BrNO5. The summed E-state index contributed by atoms with van der Waals surface area (Å²) in [5.41, 5.74) is -0.0484. The second kappa shape index (κ2) is 8.74. The van der Waals surface area contributed by atoms with Gasteiger partial charge < -0.3 is 9.47 Å². The van der Waals surface area contributed by atoms with Crippen LogP contribution in [0.25, 0.3) is 0 Å². The third-order valence-corrected chi connectivity index (χ3v) is 3.18. The quantitative estimate of drug-likeness (QED) is 0.290. The van der Waals surface area contributed by atoms with Crippen molar-refractivity contribution in [2.24, 2.45) is 0 Å². The predicted octanol–water partition coefficient (Wildman–Crippen LogP) is 3.76. The third-order valence-electron chi connectivity index (χ3n) is 2.73. The summed E-state index contributed by atoms with van der Waals surface area (Å²) in [4.78, 5) is 22.1. The number of hydrogen-bond acceptors (Lipinski definition) is 5. The predicted molar refractivity (Wildman–Crippen MR) is 82.0 cm³/mol. The molecule has 0 saturated carbocycles. The molecule has 0 heterocycles. The number of carbonyl (C=O) groups excluding carboxylic acids is 1. The number of rotatable bonds is 9. The fourth-order valence-electron chi connectivity index (χ4n) is 1.68. The first-order chi connectivity index (χ1) is 9.97. The third kappa shape index (κ3) is 5.43. The maximum Gasteiger partial charge on any atom is 0.312 e. The minimum absolute atomic E-state index is 0.00482. The van der Waals surface area contributed by atoms with Crippen LogP contribution >= 0.6 is 15.9 Å². The number of unbranched alkanes of at least 4 members (excludes halogenated alkanes) is 1. The van der Waals surface area contributed by atoms with E-state index in [0.717, 1.165) is 12.8 Å². The number of nitro groups is 1. The van der Waals surface area contributed by atoms with Crippen LogP contribution in [0.1, 0.15) is 37.0 Å². The van der Waals surface area contributed by atoms with Crippen molar-refractivity contribution in [3.05, 3.63) is 32.3 Å². The maximum atomic E-state index is 11.6. The van der Waals surface area contributed by atoms with Crippen molar-refractivity contribution in [2.45, 2.75) is 26.7 Å². The molecule has 21 heavy (non-hydrogen) atoms. The van der Waals surface area contributed by atoms with Gasteiger partial charge in [-0.15, -0.1) is 0 Å². The minimum atomic E-state index is -0.565. The molecule has 1 rings (SSSR count). The summed E-state index contributed by atoms with van der Waals surface area (Å²) in [6, 6.07) is 2.84. The molecular weight excluding hydrogens is 342 g/mol. The fourth-order valence-corrected chi connectivity index (χ4v) is 2.12. The number of benzene rings is 1. The van der Waals surface area contributed by atoms with Crippen LogP contribution in [0.4, 0.5) is 5.69 Å². The van der Waals surface area contributed by atoms with Gasteiger partial charge in [0.2, 0.25) is 5.75 Å². The average Bonchev–Trinajstić information content (AvgIpc) is 2.42. The number of ketones is 1. The molecule has 0 unspecified atom stereocenters. The van der Waals surface area contributed by atoms with Crippen LogP contribution < -0.4 is 4.74 Å². The Balaban J connectivity index is 2.83. The second-order valence-corrected chi connectivity index (χ2v) is 5.34. The van der Waals surface area contributed by atoms with Gasteiger partial charge in [-0.3, -0.25) is 14.9 Å². The van der Waals surface area contributed by atoms with Gasteiger partial charge in [0.05, 0.1) is 17.1 Å². The summed E-state index contributed by atoms with van der Waals surface area (Å²) in [7, 11) is 0. The fraction of sp³-hybridized carbons (Fsp3) is 0.500. The van der Waals surface area contributed by atoms with Crippen LogP contribution in [0.3, 0.4) is 0 Å². The zero-order valence-electron chi connectivity index (χ0n) is 12.1. The van der Waals surface area contributed by atoms with Gasteiger partial charge >= 0.3 is 5.69 Å². The lowest BCUT2D eigenvalue weighted by Crippen LogP contribution is -2.11. The van der Waals surface area contributed by atoms with E-state index in [2.05, 4.69) is 22.9 Å². The number of Topliss-reactive ketones (excluding diaryl/α,β-unsaturated/α-hetero) is 1. The Morgan fingerprint density at radius 3 is 2.62 bits per heavy atom. The molecule has 0 atom stereocenters. The zero-order chi connectivity index (χ0) is 15.8. The summed E-state index contributed by atoms with van der Waals surface area (Å²) in [5, 5.41) is 11.1. The Morgan fingerprint density at radius 2 is 2.05 bits per heavy atom. The van der Waals surface area contributed by atoms with E-state index in [9.17, 15) is 14.9 Å². The highest BCUT2D eigenvalue weighted by molar-refractivity contribution is 9.10. The normalized spacial score (nSPS) is 10.4. The molecule has 0 spiro atoms. The Hall–Kier alpha value is -1.47. The van der Waals surface area contributed by atoms with Gasteiger partial charge in [-0.1, -0.05) is 29.3 Å². The van der Waals surface area contributed by atoms with Crippen molar-refractivity contribution in [2.75, 3.05) is 19.8 Å². The molecule has 1 aromatic rings. The Labute approximate surface area is 131 Å². The summed E-state index contributed by atoms with van der Waals surface area (Å²) >= 11 is 3.16. The topological polar surface area (TPSA) is 78.7 Å². The first kappa shape index (κ1) is 17.6. The molecule has 0 fully saturated rings. The highest BCUT2D eigenvalue weighted by Gasteiger charge is 2.23. The largest absolute Gasteiger partial charge is 0.484 e. The highest BCUT2D eigenvalue weighted by Crippen LogP contribution is 2.34. The smallest absolute Gasteiger partial charge is 0.312 e. The van der Waals surface area contributed by atoms with Gasteiger partial charge in [-0.25, -0.2) is 0 Å². The monoisotopic (exact) mass is 359 g/mol. The van der Waals surface area contributed by atoms with Crippen LogP contribution in [-0.2, 0) is 4.74 Å². The zero-order valence-corrected chi connectivity index (χ0v) is 13.6. The van der Waals surface area contributed by atoms with Crippen LogP contribution in [-0.4, -0.2) is 30.5 Å². The van der Waals surface area contributed by atoms with Crippen LogP contribution in [0.15, 0.2) is 16.6 Å². The van der Waals surface area contributed by atoms with E-state index in [1.165, 1.54) is 19.1 Å². The van der Waals surface area contributed by atoms with Crippen molar-refractivity contribution in [1.82, 2.24) is 0 Å². The van der Waals surface area contributed by atoms with Gasteiger partial charge in [-0.05, 0) is 19.4 Å². The number of ether oxygens (including phenoxy) is 2. The van der Waals surface area contributed by atoms with E-state index in [0.29, 0.717) is 17.7 Å². The molecule has 6 nitrogen and oxygen atoms in total. The molecule has 0 aromatic heterocycles. The molecule has 7 heteroatoms. The molecule has 0 N–H and O–H groups in total. The molecule has 0 amide bonds. The van der Waals surface area contributed by atoms with Gasteiger partial charge in [0.1, 0.15) is 6.61 Å². The van der Waals surface area contributed by atoms with Crippen molar-refractivity contribution in [3.8, 4) is 5.75 Å². The summed E-state index contributed by atoms with van der Waals surface area (Å²) in [6.45, 7) is 4.51. The first-order valence-electron chi connectivity index (χ1n) is 6.66. The van der Waals surface area contributed by atoms with E-state index < -0.39 is 4.92 Å². The number of hydrogen-bond donors (Lipinski definition) is 0. The van der Waals surface area contributed by atoms with E-state index in [4.69, 9.17) is 9.47 Å². The lowest BCUT2D eigenvalue weighted by Gasteiger charge is -2.11.